The Morgan fingerprint density at radius 3 is 2.75 bits per heavy atom. The molecule has 108 valence electrons. The molecule has 1 aromatic carbocycles. The van der Waals surface area contributed by atoms with Crippen molar-refractivity contribution >= 4 is 11.4 Å². The Kier molecular flexibility index (Phi) is 5.51. The lowest BCUT2D eigenvalue weighted by Gasteiger charge is -2.19. The molecule has 1 nitrogen and oxygen atoms in total. The van der Waals surface area contributed by atoms with Crippen LogP contribution in [0, 0.1) is 11.7 Å². The van der Waals surface area contributed by atoms with Gasteiger partial charge in [-0.3, -0.25) is 4.79 Å². The van der Waals surface area contributed by atoms with Crippen LogP contribution in [0.15, 0.2) is 30.3 Å². The van der Waals surface area contributed by atoms with Crippen LogP contribution in [0.5, 0.6) is 0 Å². The average molecular weight is 274 g/mol. The van der Waals surface area contributed by atoms with Gasteiger partial charge in [0, 0.05) is 12.8 Å². The molecule has 1 aliphatic carbocycles. The Bertz CT molecular complexity index is 473. The number of benzene rings is 1. The summed E-state index contributed by atoms with van der Waals surface area (Å²) < 4.78 is 13.0. The van der Waals surface area contributed by atoms with Crippen LogP contribution in [0.4, 0.5) is 4.39 Å². The fraction of sp³-hybridized carbons (Fsp3) is 0.500. The fourth-order valence-corrected chi connectivity index (χ4v) is 2.84. The van der Waals surface area contributed by atoms with E-state index in [1.165, 1.54) is 17.7 Å². The maximum absolute atomic E-state index is 13.0. The molecule has 2 rings (SSSR count). The van der Waals surface area contributed by atoms with Gasteiger partial charge in [-0.25, -0.2) is 4.39 Å². The number of hydrogen-bond acceptors (Lipinski definition) is 1. The lowest BCUT2D eigenvalue weighted by atomic mass is 9.85. The largest absolute Gasteiger partial charge is 0.300 e. The third kappa shape index (κ3) is 4.29. The van der Waals surface area contributed by atoms with Gasteiger partial charge in [0.25, 0.3) is 0 Å². The predicted molar refractivity (Wildman–Crippen MR) is 80.9 cm³/mol. The fourth-order valence-electron chi connectivity index (χ4n) is 2.84. The second-order valence-corrected chi connectivity index (χ2v) is 5.70. The first-order valence-electron chi connectivity index (χ1n) is 7.67. The van der Waals surface area contributed by atoms with E-state index in [1.807, 2.05) is 12.1 Å². The van der Waals surface area contributed by atoms with Gasteiger partial charge in [-0.1, -0.05) is 31.6 Å². The number of carbonyl (C=O) groups excluding carboxylic acids is 1. The van der Waals surface area contributed by atoms with Crippen molar-refractivity contribution in [3.8, 4) is 0 Å². The molecular weight excluding hydrogens is 251 g/mol. The molecule has 0 amide bonds. The summed E-state index contributed by atoms with van der Waals surface area (Å²) in [7, 11) is 0. The van der Waals surface area contributed by atoms with Crippen molar-refractivity contribution in [2.24, 2.45) is 5.92 Å². The molecule has 0 bridgehead atoms. The van der Waals surface area contributed by atoms with E-state index in [9.17, 15) is 9.18 Å². The minimum absolute atomic E-state index is 0.198. The maximum atomic E-state index is 13.0. The van der Waals surface area contributed by atoms with Crippen molar-refractivity contribution in [3.05, 3.63) is 41.7 Å². The quantitative estimate of drug-likeness (QED) is 0.725. The van der Waals surface area contributed by atoms with Crippen molar-refractivity contribution in [1.82, 2.24) is 0 Å². The van der Waals surface area contributed by atoms with Gasteiger partial charge in [-0.15, -0.1) is 0 Å². The highest BCUT2D eigenvalue weighted by Gasteiger charge is 2.18. The summed E-state index contributed by atoms with van der Waals surface area (Å²) in [5.41, 5.74) is 2.37. The molecule has 1 saturated carbocycles. The van der Waals surface area contributed by atoms with E-state index in [4.69, 9.17) is 0 Å². The summed E-state index contributed by atoms with van der Waals surface area (Å²) in [6.07, 6.45) is 9.06. The number of halogens is 1. The summed E-state index contributed by atoms with van der Waals surface area (Å²) in [6.45, 7) is 2.17. The molecule has 0 aromatic heterocycles. The van der Waals surface area contributed by atoms with Crippen molar-refractivity contribution < 1.29 is 9.18 Å². The summed E-state index contributed by atoms with van der Waals surface area (Å²) in [5.74, 6) is 0.552. The van der Waals surface area contributed by atoms with Gasteiger partial charge >= 0.3 is 0 Å². The third-order valence-corrected chi connectivity index (χ3v) is 3.97. The second-order valence-electron chi connectivity index (χ2n) is 5.70. The van der Waals surface area contributed by atoms with E-state index in [2.05, 4.69) is 13.0 Å². The van der Waals surface area contributed by atoms with E-state index < -0.39 is 0 Å². The molecule has 0 aliphatic heterocycles. The molecule has 0 N–H and O–H groups in total. The minimum atomic E-state index is -0.198. The van der Waals surface area contributed by atoms with E-state index >= 15 is 0 Å². The summed E-state index contributed by atoms with van der Waals surface area (Å²) in [5, 5.41) is 0. The van der Waals surface area contributed by atoms with Crippen LogP contribution in [-0.2, 0) is 4.79 Å². The summed E-state index contributed by atoms with van der Waals surface area (Å²) in [4.78, 5) is 11.6. The van der Waals surface area contributed by atoms with E-state index in [1.54, 1.807) is 0 Å². The molecule has 1 atom stereocenters. The molecular formula is C18H23FO. The van der Waals surface area contributed by atoms with E-state index in [0.29, 0.717) is 18.1 Å². The number of allylic oxidation sites excluding steroid dienone is 2. The molecule has 0 radical (unpaired) electrons. The Hall–Kier alpha value is -1.44. The van der Waals surface area contributed by atoms with Crippen molar-refractivity contribution in [3.63, 3.8) is 0 Å². The standard InChI is InChI=1S/C18H23FO/c1-2-3-6-16(15-8-10-17(19)11-9-15)12-14-5-4-7-18(20)13-14/h8-12,14H,2-7,13H2,1H3/b16-12+. The summed E-state index contributed by atoms with van der Waals surface area (Å²) >= 11 is 0. The van der Waals surface area contributed by atoms with Crippen LogP contribution < -0.4 is 0 Å². The first-order chi connectivity index (χ1) is 9.69. The molecule has 1 aromatic rings. The number of ketones is 1. The van der Waals surface area contributed by atoms with Crippen molar-refractivity contribution in [2.75, 3.05) is 0 Å². The van der Waals surface area contributed by atoms with Gasteiger partial charge in [0.15, 0.2) is 0 Å². The van der Waals surface area contributed by atoms with Gasteiger partial charge in [-0.2, -0.15) is 0 Å². The highest BCUT2D eigenvalue weighted by atomic mass is 19.1. The van der Waals surface area contributed by atoms with Crippen molar-refractivity contribution in [2.45, 2.75) is 51.9 Å². The Morgan fingerprint density at radius 2 is 2.10 bits per heavy atom. The van der Waals surface area contributed by atoms with Crippen LogP contribution in [0.2, 0.25) is 0 Å². The number of unbranched alkanes of at least 4 members (excludes halogenated alkanes) is 1. The molecule has 20 heavy (non-hydrogen) atoms. The van der Waals surface area contributed by atoms with Crippen LogP contribution >= 0.6 is 0 Å². The van der Waals surface area contributed by atoms with Crippen LogP contribution in [0.25, 0.3) is 5.57 Å². The maximum Gasteiger partial charge on any atom is 0.133 e. The Morgan fingerprint density at radius 1 is 1.35 bits per heavy atom. The van der Waals surface area contributed by atoms with E-state index in [-0.39, 0.29) is 5.82 Å². The Balaban J connectivity index is 2.17. The number of carbonyl (C=O) groups is 1. The molecule has 0 spiro atoms. The third-order valence-electron chi connectivity index (χ3n) is 3.97. The van der Waals surface area contributed by atoms with Crippen molar-refractivity contribution in [1.29, 1.82) is 0 Å². The minimum Gasteiger partial charge on any atom is -0.300 e. The number of hydrogen-bond donors (Lipinski definition) is 0. The number of Topliss-reactive ketones (excluding diaryl/α,β-unsaturated/α-hetero) is 1. The average Bonchev–Trinajstić information content (AvgIpc) is 2.44. The van der Waals surface area contributed by atoms with Gasteiger partial charge in [0.2, 0.25) is 0 Å². The molecule has 1 fully saturated rings. The molecule has 0 heterocycles. The first kappa shape index (κ1) is 15.0. The van der Waals surface area contributed by atoms with Crippen LogP contribution in [0.1, 0.15) is 57.4 Å². The molecule has 1 aliphatic rings. The highest BCUT2D eigenvalue weighted by molar-refractivity contribution is 5.80. The zero-order valence-electron chi connectivity index (χ0n) is 12.2. The zero-order valence-corrected chi connectivity index (χ0v) is 12.2. The van der Waals surface area contributed by atoms with E-state index in [0.717, 1.165) is 44.1 Å². The lowest BCUT2D eigenvalue weighted by molar-refractivity contribution is -0.121. The van der Waals surface area contributed by atoms with Gasteiger partial charge < -0.3 is 0 Å². The molecule has 1 unspecified atom stereocenters. The lowest BCUT2D eigenvalue weighted by Crippen LogP contribution is -2.13. The monoisotopic (exact) mass is 274 g/mol. The number of rotatable bonds is 5. The molecule has 2 heteroatoms. The predicted octanol–water partition coefficient (Wildman–Crippen LogP) is 5.16. The smallest absolute Gasteiger partial charge is 0.133 e. The molecule has 0 saturated heterocycles. The van der Waals surface area contributed by atoms with Crippen LogP contribution in [0.3, 0.4) is 0 Å². The summed E-state index contributed by atoms with van der Waals surface area (Å²) in [6, 6.07) is 6.73. The zero-order chi connectivity index (χ0) is 14.4. The van der Waals surface area contributed by atoms with Gasteiger partial charge in [-0.05, 0) is 54.9 Å². The Labute approximate surface area is 120 Å². The van der Waals surface area contributed by atoms with Gasteiger partial charge in [0.1, 0.15) is 11.6 Å². The van der Waals surface area contributed by atoms with Gasteiger partial charge in [0.05, 0.1) is 0 Å². The SMILES string of the molecule is CCCC/C(=C\C1CCCC(=O)C1)c1ccc(F)cc1. The second kappa shape index (κ2) is 7.37. The van der Waals surface area contributed by atoms with Crippen LogP contribution in [-0.4, -0.2) is 5.78 Å². The topological polar surface area (TPSA) is 17.1 Å². The first-order valence-corrected chi connectivity index (χ1v) is 7.67. The highest BCUT2D eigenvalue weighted by Crippen LogP contribution is 2.29. The normalized spacial score (nSPS) is 20.2.